The molecule has 22 heavy (non-hydrogen) atoms. The summed E-state index contributed by atoms with van der Waals surface area (Å²) in [6, 6.07) is 14.9. The average Bonchev–Trinajstić information content (AvgIpc) is 2.54. The van der Waals surface area contributed by atoms with Gasteiger partial charge in [0.1, 0.15) is 5.82 Å². The normalized spacial score (nSPS) is 11.5. The van der Waals surface area contributed by atoms with Gasteiger partial charge in [0.15, 0.2) is 0 Å². The number of nitrogens with one attached hydrogen (secondary N) is 2. The monoisotopic (exact) mass is 300 g/mol. The number of halogens is 1. The zero-order valence-electron chi connectivity index (χ0n) is 12.2. The molecule has 5 heteroatoms. The molecular formula is C17H17FN2O2. The second kappa shape index (κ2) is 7.36. The third kappa shape index (κ3) is 4.15. The Balaban J connectivity index is 1.85. The van der Waals surface area contributed by atoms with Crippen molar-refractivity contribution in [1.29, 1.82) is 0 Å². The van der Waals surface area contributed by atoms with Gasteiger partial charge in [0.05, 0.1) is 18.2 Å². The molecule has 114 valence electrons. The molecule has 0 aliphatic carbocycles. The molecule has 0 heterocycles. The van der Waals surface area contributed by atoms with Gasteiger partial charge in [-0.3, -0.25) is 9.59 Å². The summed E-state index contributed by atoms with van der Waals surface area (Å²) in [6.07, 6.45) is 0. The number of benzene rings is 2. The third-order valence-corrected chi connectivity index (χ3v) is 3.21. The average molecular weight is 300 g/mol. The fraction of sp³-hybridized carbons (Fsp3) is 0.176. The van der Waals surface area contributed by atoms with Crippen LogP contribution in [0.1, 0.15) is 28.9 Å². The Labute approximate surface area is 128 Å². The van der Waals surface area contributed by atoms with Crippen molar-refractivity contribution in [3.05, 3.63) is 71.5 Å². The quantitative estimate of drug-likeness (QED) is 0.891. The number of carbonyl (C=O) groups excluding carboxylic acids is 2. The first-order valence-corrected chi connectivity index (χ1v) is 6.95. The molecule has 0 unspecified atom stereocenters. The lowest BCUT2D eigenvalue weighted by molar-refractivity contribution is -0.120. The van der Waals surface area contributed by atoms with Crippen molar-refractivity contribution in [2.45, 2.75) is 13.0 Å². The minimum Gasteiger partial charge on any atom is -0.348 e. The summed E-state index contributed by atoms with van der Waals surface area (Å²) in [6.45, 7) is 1.65. The molecule has 0 saturated carbocycles. The van der Waals surface area contributed by atoms with E-state index >= 15 is 0 Å². The van der Waals surface area contributed by atoms with Crippen molar-refractivity contribution in [3.63, 3.8) is 0 Å². The maximum absolute atomic E-state index is 13.4. The van der Waals surface area contributed by atoms with Crippen molar-refractivity contribution >= 4 is 11.8 Å². The van der Waals surface area contributed by atoms with Crippen LogP contribution in [-0.2, 0) is 4.79 Å². The molecule has 1 atom stereocenters. The van der Waals surface area contributed by atoms with E-state index in [1.807, 2.05) is 37.3 Å². The van der Waals surface area contributed by atoms with Crippen molar-refractivity contribution in [3.8, 4) is 0 Å². The molecule has 0 bridgehead atoms. The molecule has 2 aromatic rings. The molecule has 2 rings (SSSR count). The first kappa shape index (κ1) is 15.7. The van der Waals surface area contributed by atoms with Gasteiger partial charge in [-0.2, -0.15) is 0 Å². The van der Waals surface area contributed by atoms with E-state index in [0.29, 0.717) is 0 Å². The molecule has 0 aliphatic heterocycles. The van der Waals surface area contributed by atoms with Gasteiger partial charge >= 0.3 is 0 Å². The van der Waals surface area contributed by atoms with Gasteiger partial charge in [-0.05, 0) is 24.6 Å². The molecule has 2 N–H and O–H groups in total. The highest BCUT2D eigenvalue weighted by atomic mass is 19.1. The number of carbonyl (C=O) groups is 2. The number of amides is 2. The van der Waals surface area contributed by atoms with Gasteiger partial charge in [0.25, 0.3) is 5.91 Å². The number of hydrogen-bond acceptors (Lipinski definition) is 2. The van der Waals surface area contributed by atoms with Crippen molar-refractivity contribution in [1.82, 2.24) is 10.6 Å². The van der Waals surface area contributed by atoms with Gasteiger partial charge in [0, 0.05) is 0 Å². The standard InChI is InChI=1S/C17H17FN2O2/c1-12(13-7-3-2-4-8-13)20-16(21)11-19-17(22)14-9-5-6-10-15(14)18/h2-10,12H,11H2,1H3,(H,19,22)(H,20,21)/t12-/m0/s1. The molecule has 0 fully saturated rings. The topological polar surface area (TPSA) is 58.2 Å². The van der Waals surface area contributed by atoms with Crippen LogP contribution in [0.15, 0.2) is 54.6 Å². The first-order valence-electron chi connectivity index (χ1n) is 6.95. The highest BCUT2D eigenvalue weighted by Gasteiger charge is 2.13. The van der Waals surface area contributed by atoms with Crippen LogP contribution >= 0.6 is 0 Å². The lowest BCUT2D eigenvalue weighted by atomic mass is 10.1. The molecule has 0 saturated heterocycles. The van der Waals surface area contributed by atoms with E-state index < -0.39 is 11.7 Å². The predicted octanol–water partition coefficient (Wildman–Crippen LogP) is 2.43. The molecule has 0 radical (unpaired) electrons. The zero-order chi connectivity index (χ0) is 15.9. The second-order valence-corrected chi connectivity index (χ2v) is 4.86. The van der Waals surface area contributed by atoms with Crippen LogP contribution in [0.25, 0.3) is 0 Å². The lowest BCUT2D eigenvalue weighted by Gasteiger charge is -2.14. The Kier molecular flexibility index (Phi) is 5.25. The van der Waals surface area contributed by atoms with Gasteiger partial charge in [-0.15, -0.1) is 0 Å². The molecule has 2 amide bonds. The van der Waals surface area contributed by atoms with Crippen LogP contribution in [0.5, 0.6) is 0 Å². The Morgan fingerprint density at radius 1 is 1.05 bits per heavy atom. The van der Waals surface area contributed by atoms with Gasteiger partial charge in [0.2, 0.25) is 5.91 Å². The Morgan fingerprint density at radius 3 is 2.36 bits per heavy atom. The van der Waals surface area contributed by atoms with Crippen LogP contribution < -0.4 is 10.6 Å². The fourth-order valence-electron chi connectivity index (χ4n) is 2.02. The van der Waals surface area contributed by atoms with E-state index in [1.165, 1.54) is 18.2 Å². The maximum Gasteiger partial charge on any atom is 0.254 e. The minimum absolute atomic E-state index is 0.0774. The molecule has 0 aliphatic rings. The zero-order valence-corrected chi connectivity index (χ0v) is 12.2. The van der Waals surface area contributed by atoms with Gasteiger partial charge in [-0.1, -0.05) is 42.5 Å². The second-order valence-electron chi connectivity index (χ2n) is 4.86. The van der Waals surface area contributed by atoms with E-state index in [1.54, 1.807) is 6.07 Å². The summed E-state index contributed by atoms with van der Waals surface area (Å²) >= 11 is 0. The predicted molar refractivity (Wildman–Crippen MR) is 81.7 cm³/mol. The Morgan fingerprint density at radius 2 is 1.68 bits per heavy atom. The van der Waals surface area contributed by atoms with Crippen LogP contribution in [-0.4, -0.2) is 18.4 Å². The van der Waals surface area contributed by atoms with Gasteiger partial charge < -0.3 is 10.6 Å². The maximum atomic E-state index is 13.4. The van der Waals surface area contributed by atoms with E-state index in [9.17, 15) is 14.0 Å². The summed E-state index contributed by atoms with van der Waals surface area (Å²) in [5.41, 5.74) is 0.891. The summed E-state index contributed by atoms with van der Waals surface area (Å²) in [7, 11) is 0. The first-order chi connectivity index (χ1) is 10.6. The largest absolute Gasteiger partial charge is 0.348 e. The van der Waals surface area contributed by atoms with Crippen molar-refractivity contribution < 1.29 is 14.0 Å². The van der Waals surface area contributed by atoms with Crippen LogP contribution in [0, 0.1) is 5.82 Å². The summed E-state index contributed by atoms with van der Waals surface area (Å²) in [5, 5.41) is 5.18. The Bertz CT molecular complexity index is 659. The van der Waals surface area contributed by atoms with E-state index in [-0.39, 0.29) is 24.1 Å². The van der Waals surface area contributed by atoms with E-state index in [0.717, 1.165) is 5.56 Å². The lowest BCUT2D eigenvalue weighted by Crippen LogP contribution is -2.38. The molecular weight excluding hydrogens is 283 g/mol. The van der Waals surface area contributed by atoms with Crippen molar-refractivity contribution in [2.24, 2.45) is 0 Å². The SMILES string of the molecule is C[C@H](NC(=O)CNC(=O)c1ccccc1F)c1ccccc1. The fourth-order valence-corrected chi connectivity index (χ4v) is 2.02. The van der Waals surface area contributed by atoms with Crippen LogP contribution in [0.2, 0.25) is 0 Å². The summed E-state index contributed by atoms with van der Waals surface area (Å²) in [5.74, 6) is -1.56. The van der Waals surface area contributed by atoms with Crippen molar-refractivity contribution in [2.75, 3.05) is 6.54 Å². The molecule has 0 aromatic heterocycles. The molecule has 0 spiro atoms. The summed E-state index contributed by atoms with van der Waals surface area (Å²) < 4.78 is 13.4. The van der Waals surface area contributed by atoms with Crippen LogP contribution in [0.4, 0.5) is 4.39 Å². The highest BCUT2D eigenvalue weighted by molar-refractivity contribution is 5.96. The smallest absolute Gasteiger partial charge is 0.254 e. The number of rotatable bonds is 5. The third-order valence-electron chi connectivity index (χ3n) is 3.21. The summed E-state index contributed by atoms with van der Waals surface area (Å²) in [4.78, 5) is 23.6. The Hall–Kier alpha value is -2.69. The van der Waals surface area contributed by atoms with Crippen LogP contribution in [0.3, 0.4) is 0 Å². The molecule has 2 aromatic carbocycles. The minimum atomic E-state index is -0.613. The van der Waals surface area contributed by atoms with Gasteiger partial charge in [-0.25, -0.2) is 4.39 Å². The number of hydrogen-bond donors (Lipinski definition) is 2. The molecule has 4 nitrogen and oxygen atoms in total. The van der Waals surface area contributed by atoms with E-state index in [2.05, 4.69) is 10.6 Å². The highest BCUT2D eigenvalue weighted by Crippen LogP contribution is 2.10. The van der Waals surface area contributed by atoms with E-state index in [4.69, 9.17) is 0 Å².